The lowest BCUT2D eigenvalue weighted by atomic mass is 10.2. The van der Waals surface area contributed by atoms with E-state index in [1.807, 2.05) is 30.3 Å². The van der Waals surface area contributed by atoms with Crippen LogP contribution in [0.25, 0.3) is 10.9 Å². The first kappa shape index (κ1) is 17.7. The Hall–Kier alpha value is -3.15. The predicted octanol–water partition coefficient (Wildman–Crippen LogP) is 1.84. The zero-order chi connectivity index (χ0) is 18.7. The highest BCUT2D eigenvalue weighted by Crippen LogP contribution is 2.09. The molecule has 1 amide bonds. The molecule has 0 radical (unpaired) electrons. The molecule has 0 unspecified atom stereocenters. The maximum Gasteiger partial charge on any atom is 0.331 e. The Morgan fingerprint density at radius 3 is 2.31 bits per heavy atom. The summed E-state index contributed by atoms with van der Waals surface area (Å²) in [6.07, 6.45) is 0. The van der Waals surface area contributed by atoms with Crippen molar-refractivity contribution in [1.29, 1.82) is 0 Å². The molecule has 134 valence electrons. The van der Waals surface area contributed by atoms with E-state index in [0.717, 1.165) is 10.1 Å². The van der Waals surface area contributed by atoms with Crippen LogP contribution >= 0.6 is 0 Å². The first-order valence-corrected chi connectivity index (χ1v) is 8.53. The highest BCUT2D eigenvalue weighted by molar-refractivity contribution is 5.81. The van der Waals surface area contributed by atoms with E-state index >= 15 is 0 Å². The summed E-state index contributed by atoms with van der Waals surface area (Å²) in [6.45, 7) is 2.35. The van der Waals surface area contributed by atoms with Gasteiger partial charge >= 0.3 is 5.69 Å². The maximum absolute atomic E-state index is 12.7. The Kier molecular flexibility index (Phi) is 5.02. The molecule has 0 bridgehead atoms. The van der Waals surface area contributed by atoms with E-state index in [1.54, 1.807) is 43.1 Å². The third-order valence-corrected chi connectivity index (χ3v) is 4.43. The molecule has 0 aliphatic carbocycles. The van der Waals surface area contributed by atoms with Crippen molar-refractivity contribution in [2.45, 2.75) is 26.6 Å². The van der Waals surface area contributed by atoms with Gasteiger partial charge in [-0.15, -0.1) is 0 Å². The van der Waals surface area contributed by atoms with Crippen LogP contribution in [0.2, 0.25) is 0 Å². The largest absolute Gasteiger partial charge is 0.340 e. The van der Waals surface area contributed by atoms with Crippen molar-refractivity contribution < 1.29 is 4.79 Å². The van der Waals surface area contributed by atoms with Crippen molar-refractivity contribution in [2.24, 2.45) is 0 Å². The molecule has 0 aliphatic rings. The fourth-order valence-electron chi connectivity index (χ4n) is 3.00. The van der Waals surface area contributed by atoms with Crippen LogP contribution in [0.3, 0.4) is 0 Å². The van der Waals surface area contributed by atoms with Crippen molar-refractivity contribution in [3.63, 3.8) is 0 Å². The molecule has 0 atom stereocenters. The number of para-hydroxylation sites is 1. The van der Waals surface area contributed by atoms with Crippen molar-refractivity contribution >= 4 is 16.8 Å². The van der Waals surface area contributed by atoms with Gasteiger partial charge in [0.25, 0.3) is 5.56 Å². The minimum absolute atomic E-state index is 0.108. The third-order valence-electron chi connectivity index (χ3n) is 4.43. The van der Waals surface area contributed by atoms with Crippen LogP contribution < -0.4 is 11.2 Å². The van der Waals surface area contributed by atoms with Gasteiger partial charge in [-0.25, -0.2) is 4.79 Å². The van der Waals surface area contributed by atoms with Gasteiger partial charge in [0.05, 0.1) is 10.9 Å². The minimum Gasteiger partial charge on any atom is -0.340 e. The van der Waals surface area contributed by atoms with Gasteiger partial charge in [0.15, 0.2) is 0 Å². The van der Waals surface area contributed by atoms with Crippen LogP contribution in [0.15, 0.2) is 64.2 Å². The van der Waals surface area contributed by atoms with E-state index in [9.17, 15) is 14.4 Å². The lowest BCUT2D eigenvalue weighted by Crippen LogP contribution is -2.42. The van der Waals surface area contributed by atoms with Crippen LogP contribution in [0.5, 0.6) is 0 Å². The molecule has 0 spiro atoms. The van der Waals surface area contributed by atoms with E-state index in [-0.39, 0.29) is 24.6 Å². The van der Waals surface area contributed by atoms with E-state index < -0.39 is 5.69 Å². The zero-order valence-corrected chi connectivity index (χ0v) is 14.9. The summed E-state index contributed by atoms with van der Waals surface area (Å²) in [5.74, 6) is -0.192. The molecule has 6 nitrogen and oxygen atoms in total. The van der Waals surface area contributed by atoms with Gasteiger partial charge in [-0.05, 0) is 24.6 Å². The van der Waals surface area contributed by atoms with E-state index in [2.05, 4.69) is 0 Å². The summed E-state index contributed by atoms with van der Waals surface area (Å²) in [5.41, 5.74) is 0.708. The number of benzene rings is 2. The highest BCUT2D eigenvalue weighted by atomic mass is 16.2. The molecule has 0 saturated carbocycles. The minimum atomic E-state index is -0.460. The zero-order valence-electron chi connectivity index (χ0n) is 14.9. The van der Waals surface area contributed by atoms with E-state index in [4.69, 9.17) is 0 Å². The SMILES string of the molecule is CCn1c(=O)c2ccccc2n(CC(=O)N(C)Cc2ccccc2)c1=O. The van der Waals surface area contributed by atoms with Gasteiger partial charge in [0, 0.05) is 20.1 Å². The van der Waals surface area contributed by atoms with Crippen LogP contribution in [0, 0.1) is 0 Å². The summed E-state index contributed by atoms with van der Waals surface area (Å²) in [6, 6.07) is 16.5. The second kappa shape index (κ2) is 7.39. The molecule has 26 heavy (non-hydrogen) atoms. The lowest BCUT2D eigenvalue weighted by molar-refractivity contribution is -0.131. The van der Waals surface area contributed by atoms with Crippen molar-refractivity contribution in [3.8, 4) is 0 Å². The smallest absolute Gasteiger partial charge is 0.331 e. The quantitative estimate of drug-likeness (QED) is 0.705. The topological polar surface area (TPSA) is 64.3 Å². The van der Waals surface area contributed by atoms with Gasteiger partial charge < -0.3 is 4.90 Å². The first-order chi connectivity index (χ1) is 12.5. The number of nitrogens with zero attached hydrogens (tertiary/aromatic N) is 3. The highest BCUT2D eigenvalue weighted by Gasteiger charge is 2.16. The van der Waals surface area contributed by atoms with Gasteiger partial charge in [0.1, 0.15) is 6.54 Å². The maximum atomic E-state index is 12.7. The van der Waals surface area contributed by atoms with E-state index in [1.165, 1.54) is 4.57 Å². The molecule has 3 aromatic rings. The second-order valence-electron chi connectivity index (χ2n) is 6.17. The number of carbonyl (C=O) groups is 1. The molecular weight excluding hydrogens is 330 g/mol. The van der Waals surface area contributed by atoms with Crippen LogP contribution in [0.4, 0.5) is 0 Å². The van der Waals surface area contributed by atoms with Gasteiger partial charge in [0.2, 0.25) is 5.91 Å². The summed E-state index contributed by atoms with van der Waals surface area (Å²) < 4.78 is 2.54. The van der Waals surface area contributed by atoms with Crippen LogP contribution in [-0.2, 0) is 24.4 Å². The number of carbonyl (C=O) groups excluding carboxylic acids is 1. The van der Waals surface area contributed by atoms with Crippen LogP contribution in [0.1, 0.15) is 12.5 Å². The molecule has 0 N–H and O–H groups in total. The molecule has 2 aromatic carbocycles. The van der Waals surface area contributed by atoms with Gasteiger partial charge in [-0.1, -0.05) is 42.5 Å². The number of hydrogen-bond donors (Lipinski definition) is 0. The Balaban J connectivity index is 1.97. The standard InChI is InChI=1S/C20H21N3O3/c1-3-22-19(25)16-11-7-8-12-17(16)23(20(22)26)14-18(24)21(2)13-15-9-5-4-6-10-15/h4-12H,3,13-14H2,1-2H3. The Bertz CT molecular complexity index is 1050. The average molecular weight is 351 g/mol. The number of hydrogen-bond acceptors (Lipinski definition) is 3. The fourth-order valence-corrected chi connectivity index (χ4v) is 3.00. The first-order valence-electron chi connectivity index (χ1n) is 8.53. The Labute approximate surface area is 150 Å². The lowest BCUT2D eigenvalue weighted by Gasteiger charge is -2.19. The molecule has 0 saturated heterocycles. The predicted molar refractivity (Wildman–Crippen MR) is 101 cm³/mol. The molecule has 1 heterocycles. The third kappa shape index (κ3) is 3.31. The summed E-state index contributed by atoms with van der Waals surface area (Å²) in [7, 11) is 1.71. The molecule has 6 heteroatoms. The van der Waals surface area contributed by atoms with Gasteiger partial charge in [-0.3, -0.25) is 18.7 Å². The molecule has 1 aromatic heterocycles. The monoisotopic (exact) mass is 351 g/mol. The van der Waals surface area contributed by atoms with Gasteiger partial charge in [-0.2, -0.15) is 0 Å². The number of amides is 1. The number of aromatic nitrogens is 2. The van der Waals surface area contributed by atoms with Crippen molar-refractivity contribution in [3.05, 3.63) is 81.0 Å². The van der Waals surface area contributed by atoms with Crippen molar-refractivity contribution in [1.82, 2.24) is 14.0 Å². The molecule has 3 rings (SSSR count). The Morgan fingerprint density at radius 2 is 1.62 bits per heavy atom. The molecule has 0 fully saturated rings. The van der Waals surface area contributed by atoms with Crippen molar-refractivity contribution in [2.75, 3.05) is 7.05 Å². The van der Waals surface area contributed by atoms with E-state index in [0.29, 0.717) is 17.4 Å². The summed E-state index contributed by atoms with van der Waals surface area (Å²) in [4.78, 5) is 39.4. The summed E-state index contributed by atoms with van der Waals surface area (Å²) in [5, 5.41) is 0.437. The molecular formula is C20H21N3O3. The number of likely N-dealkylation sites (N-methyl/N-ethyl adjacent to an activating group) is 1. The number of rotatable bonds is 5. The summed E-state index contributed by atoms with van der Waals surface area (Å²) >= 11 is 0. The second-order valence-corrected chi connectivity index (χ2v) is 6.17. The number of fused-ring (bicyclic) bond motifs is 1. The Morgan fingerprint density at radius 1 is 0.962 bits per heavy atom. The normalized spacial score (nSPS) is 10.8. The fraction of sp³-hybridized carbons (Fsp3) is 0.250. The molecule has 0 aliphatic heterocycles. The average Bonchev–Trinajstić information content (AvgIpc) is 2.66. The van der Waals surface area contributed by atoms with Crippen LogP contribution in [-0.4, -0.2) is 27.0 Å².